The summed E-state index contributed by atoms with van der Waals surface area (Å²) in [4.78, 5) is 3.22. The van der Waals surface area contributed by atoms with Crippen LogP contribution in [0.2, 0.25) is 0 Å². The van der Waals surface area contributed by atoms with Crippen molar-refractivity contribution < 1.29 is 9.73 Å². The van der Waals surface area contributed by atoms with Crippen molar-refractivity contribution in [3.8, 4) is 5.75 Å². The molecule has 2 aromatic carbocycles. The largest absolute Gasteiger partial charge is 0.464 e. The normalized spacial score (nSPS) is 15.5. The molecule has 0 atom stereocenters. The third-order valence-corrected chi connectivity index (χ3v) is 3.15. The van der Waals surface area contributed by atoms with Gasteiger partial charge in [0, 0.05) is 23.8 Å². The van der Waals surface area contributed by atoms with Crippen LogP contribution in [0.1, 0.15) is 5.56 Å². The van der Waals surface area contributed by atoms with E-state index >= 15 is 0 Å². The average Bonchev–Trinajstić information content (AvgIpc) is 2.56. The van der Waals surface area contributed by atoms with Crippen molar-refractivity contribution in [3.63, 3.8) is 0 Å². The van der Waals surface area contributed by atoms with E-state index in [2.05, 4.69) is 17.1 Å². The van der Waals surface area contributed by atoms with Crippen molar-refractivity contribution in [3.05, 3.63) is 90.7 Å². The van der Waals surface area contributed by atoms with E-state index in [4.69, 9.17) is 4.74 Å². The number of hydrogen-bond acceptors (Lipinski definition) is 1. The van der Waals surface area contributed by atoms with Gasteiger partial charge in [0.25, 0.3) is 0 Å². The summed E-state index contributed by atoms with van der Waals surface area (Å²) >= 11 is 0. The lowest BCUT2D eigenvalue weighted by Crippen LogP contribution is -2.60. The van der Waals surface area contributed by atoms with Crippen LogP contribution in [-0.4, -0.2) is 6.21 Å². The highest BCUT2D eigenvalue weighted by Gasteiger charge is 2.08. The Bertz CT molecular complexity index is 724. The van der Waals surface area contributed by atoms with Crippen molar-refractivity contribution >= 4 is 17.5 Å². The molecule has 1 aliphatic rings. The first kappa shape index (κ1) is 13.1. The van der Waals surface area contributed by atoms with Gasteiger partial charge in [-0.25, -0.2) is 4.99 Å². The molecule has 2 heteroatoms. The highest BCUT2D eigenvalue weighted by Crippen LogP contribution is 2.30. The van der Waals surface area contributed by atoms with E-state index in [0.29, 0.717) is 0 Å². The van der Waals surface area contributed by atoms with Crippen molar-refractivity contribution in [2.45, 2.75) is 0 Å². The molecule has 3 rings (SSSR count). The number of hydrogen-bond donors (Lipinski definition) is 1. The van der Waals surface area contributed by atoms with Crippen molar-refractivity contribution in [2.75, 3.05) is 0 Å². The van der Waals surface area contributed by atoms with Crippen LogP contribution in [-0.2, 0) is 0 Å². The Kier molecular flexibility index (Phi) is 4.08. The predicted molar refractivity (Wildman–Crippen MR) is 86.5 cm³/mol. The maximum Gasteiger partial charge on any atom is 0.203 e. The van der Waals surface area contributed by atoms with Gasteiger partial charge in [-0.05, 0) is 17.7 Å². The quantitative estimate of drug-likeness (QED) is 0.854. The van der Waals surface area contributed by atoms with Gasteiger partial charge in [0.2, 0.25) is 5.69 Å². The monoisotopic (exact) mass is 274 g/mol. The Balaban J connectivity index is 1.71. The molecule has 21 heavy (non-hydrogen) atoms. The van der Waals surface area contributed by atoms with E-state index in [0.717, 1.165) is 22.6 Å². The molecule has 0 fully saturated rings. The number of benzene rings is 2. The third-order valence-electron chi connectivity index (χ3n) is 3.15. The Hall–Kier alpha value is -2.87. The summed E-state index contributed by atoms with van der Waals surface area (Å²) in [5.41, 5.74) is 3.33. The lowest BCUT2D eigenvalue weighted by atomic mass is 10.0. The molecule has 0 amide bonds. The van der Waals surface area contributed by atoms with Gasteiger partial charge in [-0.2, -0.15) is 0 Å². The van der Waals surface area contributed by atoms with Gasteiger partial charge in [-0.3, -0.25) is 0 Å². The molecule has 2 aromatic rings. The Morgan fingerprint density at radius 2 is 1.67 bits per heavy atom. The van der Waals surface area contributed by atoms with Gasteiger partial charge >= 0.3 is 0 Å². The molecule has 0 saturated carbocycles. The highest BCUT2D eigenvalue weighted by molar-refractivity contribution is 5.80. The summed E-state index contributed by atoms with van der Waals surface area (Å²) < 4.78 is 5.47. The van der Waals surface area contributed by atoms with Crippen LogP contribution in [0.4, 0.5) is 5.69 Å². The fourth-order valence-corrected chi connectivity index (χ4v) is 2.12. The first-order chi connectivity index (χ1) is 10.4. The first-order valence-corrected chi connectivity index (χ1v) is 6.88. The van der Waals surface area contributed by atoms with Crippen LogP contribution in [0.3, 0.4) is 0 Å². The maximum absolute atomic E-state index is 5.47. The van der Waals surface area contributed by atoms with E-state index in [9.17, 15) is 0 Å². The smallest absolute Gasteiger partial charge is 0.203 e. The van der Waals surface area contributed by atoms with E-state index in [1.165, 1.54) is 0 Å². The molecule has 0 aromatic heterocycles. The number of para-hydroxylation sites is 2. The van der Waals surface area contributed by atoms with Crippen LogP contribution in [0.25, 0.3) is 5.57 Å². The zero-order valence-electron chi connectivity index (χ0n) is 11.6. The standard InChI is InChI=1S/C19H15NO/c1-2-9-17(10-3-1)20-14-7-6-8-16-13-15-21-19-12-5-4-11-18(16)19/h1-15H/p+1. The molecule has 1 aliphatic heterocycles. The van der Waals surface area contributed by atoms with E-state index in [1.54, 1.807) is 6.26 Å². The molecular weight excluding hydrogens is 258 g/mol. The summed E-state index contributed by atoms with van der Waals surface area (Å²) in [5, 5.41) is 0. The second kappa shape index (κ2) is 6.53. The molecule has 0 saturated heterocycles. The lowest BCUT2D eigenvalue weighted by Gasteiger charge is -2.13. The van der Waals surface area contributed by atoms with Gasteiger partial charge in [-0.15, -0.1) is 0 Å². The number of allylic oxidation sites excluding steroid dienone is 5. The van der Waals surface area contributed by atoms with Gasteiger partial charge in [0.1, 0.15) is 5.75 Å². The minimum absolute atomic E-state index is 0.894. The van der Waals surface area contributed by atoms with E-state index in [1.807, 2.05) is 73.0 Å². The Morgan fingerprint density at radius 3 is 2.57 bits per heavy atom. The van der Waals surface area contributed by atoms with Crippen LogP contribution in [0.15, 0.2) is 85.2 Å². The van der Waals surface area contributed by atoms with Crippen LogP contribution >= 0.6 is 0 Å². The van der Waals surface area contributed by atoms with E-state index < -0.39 is 0 Å². The number of nitrogens with one attached hydrogen (secondary N) is 1. The number of rotatable bonds is 3. The van der Waals surface area contributed by atoms with Gasteiger partial charge in [0.05, 0.1) is 6.26 Å². The first-order valence-electron chi connectivity index (χ1n) is 6.88. The maximum atomic E-state index is 5.47. The second-order valence-electron chi connectivity index (χ2n) is 4.60. The second-order valence-corrected chi connectivity index (χ2v) is 4.60. The van der Waals surface area contributed by atoms with Crippen molar-refractivity contribution in [2.24, 2.45) is 0 Å². The summed E-state index contributed by atoms with van der Waals surface area (Å²) in [6, 6.07) is 18.1. The van der Waals surface area contributed by atoms with Crippen molar-refractivity contribution in [1.82, 2.24) is 0 Å². The molecule has 0 radical (unpaired) electrons. The minimum atomic E-state index is 0.894. The van der Waals surface area contributed by atoms with Crippen LogP contribution in [0.5, 0.6) is 5.75 Å². The van der Waals surface area contributed by atoms with Crippen LogP contribution in [0, 0.1) is 0 Å². The minimum Gasteiger partial charge on any atom is -0.464 e. The SMILES string of the molecule is C(=CC=C1C=COc2ccccc21)C=[NH+]c1ccccc1. The molecule has 1 heterocycles. The van der Waals surface area contributed by atoms with E-state index in [-0.39, 0.29) is 0 Å². The highest BCUT2D eigenvalue weighted by atomic mass is 16.5. The Labute approximate surface area is 124 Å². The van der Waals surface area contributed by atoms with Crippen molar-refractivity contribution in [1.29, 1.82) is 0 Å². The summed E-state index contributed by atoms with van der Waals surface area (Å²) in [6.07, 6.45) is 11.7. The molecule has 1 N–H and O–H groups in total. The molecule has 102 valence electrons. The summed E-state index contributed by atoms with van der Waals surface area (Å²) in [6.45, 7) is 0. The third kappa shape index (κ3) is 3.37. The number of ether oxygens (including phenoxy) is 1. The molecule has 0 unspecified atom stereocenters. The molecular formula is C19H16NO+. The number of fused-ring (bicyclic) bond motifs is 1. The van der Waals surface area contributed by atoms with Gasteiger partial charge in [-0.1, -0.05) is 48.6 Å². The molecule has 0 spiro atoms. The zero-order valence-corrected chi connectivity index (χ0v) is 11.6. The Morgan fingerprint density at radius 1 is 0.857 bits per heavy atom. The van der Waals surface area contributed by atoms with Crippen LogP contribution < -0.4 is 9.73 Å². The predicted octanol–water partition coefficient (Wildman–Crippen LogP) is 3.02. The van der Waals surface area contributed by atoms with Gasteiger partial charge < -0.3 is 4.74 Å². The topological polar surface area (TPSA) is 23.2 Å². The average molecular weight is 274 g/mol. The lowest BCUT2D eigenvalue weighted by molar-refractivity contribution is -0.346. The molecule has 0 aliphatic carbocycles. The molecule has 2 nitrogen and oxygen atoms in total. The summed E-state index contributed by atoms with van der Waals surface area (Å²) in [7, 11) is 0. The summed E-state index contributed by atoms with van der Waals surface area (Å²) in [5.74, 6) is 0.894. The fraction of sp³-hybridized carbons (Fsp3) is 0. The zero-order chi connectivity index (χ0) is 14.3. The van der Waals surface area contributed by atoms with Gasteiger partial charge in [0.15, 0.2) is 6.21 Å². The fourth-order valence-electron chi connectivity index (χ4n) is 2.12. The molecule has 0 bridgehead atoms.